The third-order valence-electron chi connectivity index (χ3n) is 4.59. The van der Waals surface area contributed by atoms with Gasteiger partial charge in [-0.25, -0.2) is 0 Å². The topological polar surface area (TPSA) is 9.72 Å². The Morgan fingerprint density at radius 3 is 2.67 bits per heavy atom. The number of hydrogen-bond acceptors (Lipinski definition) is 4. The largest absolute Gasteiger partial charge is 0.370 e. The minimum absolute atomic E-state index is 1.12. The maximum Gasteiger partial charge on any atom is 0.0561 e. The first-order chi connectivity index (χ1) is 10.2. The second kappa shape index (κ2) is 5.11. The molecule has 0 bridgehead atoms. The molecular weight excluding hydrogens is 278 g/mol. The average molecular weight is 299 g/mol. The van der Waals surface area contributed by atoms with Gasteiger partial charge in [-0.3, -0.25) is 0 Å². The molecule has 0 spiro atoms. The van der Waals surface area contributed by atoms with Gasteiger partial charge in [-0.2, -0.15) is 0 Å². The number of nitrogens with zero attached hydrogens (tertiary/aromatic N) is 3. The first kappa shape index (κ1) is 13.3. The molecule has 1 saturated heterocycles. The van der Waals surface area contributed by atoms with Gasteiger partial charge in [0, 0.05) is 48.0 Å². The Bertz CT molecular complexity index is 685. The van der Waals surface area contributed by atoms with E-state index in [-0.39, 0.29) is 0 Å². The first-order valence-corrected chi connectivity index (χ1v) is 8.42. The van der Waals surface area contributed by atoms with Crippen molar-refractivity contribution in [3.8, 4) is 0 Å². The van der Waals surface area contributed by atoms with Crippen molar-refractivity contribution in [2.24, 2.45) is 0 Å². The van der Waals surface area contributed by atoms with Crippen molar-refractivity contribution in [1.29, 1.82) is 0 Å². The maximum absolute atomic E-state index is 2.56. The van der Waals surface area contributed by atoms with Crippen LogP contribution >= 0.6 is 11.9 Å². The van der Waals surface area contributed by atoms with Gasteiger partial charge >= 0.3 is 0 Å². The summed E-state index contributed by atoms with van der Waals surface area (Å²) >= 11 is 1.84. The van der Waals surface area contributed by atoms with E-state index in [0.29, 0.717) is 0 Å². The van der Waals surface area contributed by atoms with Gasteiger partial charge in [0.25, 0.3) is 0 Å². The Hall–Kier alpha value is -1.39. The smallest absolute Gasteiger partial charge is 0.0561 e. The predicted molar refractivity (Wildman–Crippen MR) is 92.5 cm³/mol. The molecule has 110 valence electrons. The van der Waals surface area contributed by atoms with Crippen LogP contribution in [-0.2, 0) is 0 Å². The Morgan fingerprint density at radius 1 is 0.905 bits per heavy atom. The summed E-state index contributed by atoms with van der Waals surface area (Å²) in [4.78, 5) is 6.39. The standard InChI is InChI=1S/C17H21N3S/c1-18-9-4-10-20(12-11-18)14-7-8-15-17-13(14)5-3-6-16(17)21-19(15)2/h3,5-8H,4,9-12H2,1-2H3. The van der Waals surface area contributed by atoms with Gasteiger partial charge in [0.1, 0.15) is 0 Å². The van der Waals surface area contributed by atoms with Crippen molar-refractivity contribution in [2.45, 2.75) is 11.3 Å². The lowest BCUT2D eigenvalue weighted by Gasteiger charge is -2.25. The van der Waals surface area contributed by atoms with Crippen molar-refractivity contribution >= 4 is 34.1 Å². The van der Waals surface area contributed by atoms with Crippen molar-refractivity contribution < 1.29 is 0 Å². The Morgan fingerprint density at radius 2 is 1.76 bits per heavy atom. The van der Waals surface area contributed by atoms with Crippen LogP contribution < -0.4 is 9.21 Å². The Balaban J connectivity index is 1.82. The molecule has 4 heteroatoms. The lowest BCUT2D eigenvalue weighted by atomic mass is 10.1. The quantitative estimate of drug-likeness (QED) is 0.746. The minimum atomic E-state index is 1.12. The first-order valence-electron chi connectivity index (χ1n) is 7.65. The van der Waals surface area contributed by atoms with Gasteiger partial charge in [-0.1, -0.05) is 12.1 Å². The number of likely N-dealkylation sites (N-methyl/N-ethyl adjacent to an activating group) is 1. The summed E-state index contributed by atoms with van der Waals surface area (Å²) in [6.07, 6.45) is 1.24. The summed E-state index contributed by atoms with van der Waals surface area (Å²) in [6.45, 7) is 4.64. The van der Waals surface area contributed by atoms with Crippen LogP contribution in [0.3, 0.4) is 0 Å². The Labute approximate surface area is 130 Å². The van der Waals surface area contributed by atoms with Crippen molar-refractivity contribution in [3.63, 3.8) is 0 Å². The zero-order valence-electron chi connectivity index (χ0n) is 12.7. The summed E-state index contributed by atoms with van der Waals surface area (Å²) < 4.78 is 2.28. The summed E-state index contributed by atoms with van der Waals surface area (Å²) in [6, 6.07) is 11.3. The predicted octanol–water partition coefficient (Wildman–Crippen LogP) is 3.44. The SMILES string of the molecule is CN1CCCN(c2ccc3c4c(cccc24)SN3C)CC1. The zero-order valence-corrected chi connectivity index (χ0v) is 13.5. The molecule has 0 unspecified atom stereocenters. The van der Waals surface area contributed by atoms with Crippen LogP contribution in [-0.4, -0.2) is 45.2 Å². The van der Waals surface area contributed by atoms with Crippen LogP contribution in [0.15, 0.2) is 35.2 Å². The molecular formula is C17H21N3S. The van der Waals surface area contributed by atoms with Gasteiger partial charge in [0.05, 0.1) is 5.69 Å². The highest BCUT2D eigenvalue weighted by molar-refractivity contribution is 8.01. The molecule has 0 saturated carbocycles. The van der Waals surface area contributed by atoms with Gasteiger partial charge in [-0.15, -0.1) is 0 Å². The van der Waals surface area contributed by atoms with Crippen molar-refractivity contribution in [3.05, 3.63) is 30.3 Å². The fourth-order valence-electron chi connectivity index (χ4n) is 3.44. The molecule has 2 aliphatic rings. The van der Waals surface area contributed by atoms with Crippen molar-refractivity contribution in [2.75, 3.05) is 49.5 Å². The van der Waals surface area contributed by atoms with Crippen molar-refractivity contribution in [1.82, 2.24) is 4.90 Å². The van der Waals surface area contributed by atoms with E-state index in [0.717, 1.165) is 19.6 Å². The van der Waals surface area contributed by atoms with Gasteiger partial charge in [0.2, 0.25) is 0 Å². The number of benzene rings is 2. The number of rotatable bonds is 1. The number of hydrogen-bond donors (Lipinski definition) is 0. The zero-order chi connectivity index (χ0) is 14.4. The highest BCUT2D eigenvalue weighted by atomic mass is 32.2. The fourth-order valence-corrected chi connectivity index (χ4v) is 4.43. The second-order valence-corrected chi connectivity index (χ2v) is 7.19. The lowest BCUT2D eigenvalue weighted by molar-refractivity contribution is 0.360. The maximum atomic E-state index is 2.56. The lowest BCUT2D eigenvalue weighted by Crippen LogP contribution is -2.28. The van der Waals surface area contributed by atoms with Gasteiger partial charge < -0.3 is 14.1 Å². The molecule has 2 aliphatic heterocycles. The summed E-state index contributed by atoms with van der Waals surface area (Å²) in [5.74, 6) is 0. The van der Waals surface area contributed by atoms with Crippen LogP contribution in [0.2, 0.25) is 0 Å². The summed E-state index contributed by atoms with van der Waals surface area (Å²) in [5.41, 5.74) is 2.75. The minimum Gasteiger partial charge on any atom is -0.370 e. The number of anilines is 2. The van der Waals surface area contributed by atoms with Crippen LogP contribution in [0.25, 0.3) is 10.8 Å². The molecule has 0 aromatic heterocycles. The van der Waals surface area contributed by atoms with E-state index < -0.39 is 0 Å². The molecule has 0 radical (unpaired) electrons. The molecule has 4 rings (SSSR count). The molecule has 2 aromatic rings. The molecule has 0 atom stereocenters. The molecule has 21 heavy (non-hydrogen) atoms. The molecule has 3 nitrogen and oxygen atoms in total. The van der Waals surface area contributed by atoms with Crippen LogP contribution in [0, 0.1) is 0 Å². The van der Waals surface area contributed by atoms with E-state index in [1.807, 2.05) is 11.9 Å². The molecule has 0 aliphatic carbocycles. The summed E-state index contributed by atoms with van der Waals surface area (Å²) in [5, 5.41) is 2.84. The average Bonchev–Trinajstić information content (AvgIpc) is 2.67. The summed E-state index contributed by atoms with van der Waals surface area (Å²) in [7, 11) is 4.38. The fraction of sp³-hybridized carbons (Fsp3) is 0.412. The second-order valence-electron chi connectivity index (χ2n) is 6.02. The molecule has 0 N–H and O–H groups in total. The van der Waals surface area contributed by atoms with E-state index in [2.05, 4.69) is 58.5 Å². The molecule has 1 fully saturated rings. The Kier molecular flexibility index (Phi) is 3.23. The van der Waals surface area contributed by atoms with E-state index in [1.165, 1.54) is 40.0 Å². The third kappa shape index (κ3) is 2.17. The highest BCUT2D eigenvalue weighted by Crippen LogP contribution is 2.47. The van der Waals surface area contributed by atoms with E-state index >= 15 is 0 Å². The molecule has 2 aromatic carbocycles. The van der Waals surface area contributed by atoms with E-state index in [9.17, 15) is 0 Å². The monoisotopic (exact) mass is 299 g/mol. The van der Waals surface area contributed by atoms with Gasteiger partial charge in [-0.05, 0) is 50.2 Å². The third-order valence-corrected chi connectivity index (χ3v) is 5.60. The molecule has 2 heterocycles. The van der Waals surface area contributed by atoms with E-state index in [1.54, 1.807) is 0 Å². The highest BCUT2D eigenvalue weighted by Gasteiger charge is 2.23. The molecule has 0 amide bonds. The van der Waals surface area contributed by atoms with Crippen LogP contribution in [0.5, 0.6) is 0 Å². The van der Waals surface area contributed by atoms with E-state index in [4.69, 9.17) is 0 Å². The van der Waals surface area contributed by atoms with Gasteiger partial charge in [0.15, 0.2) is 0 Å². The van der Waals surface area contributed by atoms with Crippen LogP contribution in [0.1, 0.15) is 6.42 Å². The van der Waals surface area contributed by atoms with Crippen LogP contribution in [0.4, 0.5) is 11.4 Å². The normalized spacial score (nSPS) is 19.3.